The van der Waals surface area contributed by atoms with Crippen LogP contribution in [0, 0.1) is 23.2 Å². The lowest BCUT2D eigenvalue weighted by Gasteiger charge is -2.22. The van der Waals surface area contributed by atoms with Gasteiger partial charge in [-0.15, -0.1) is 11.6 Å². The molecule has 2 aliphatic rings. The fourth-order valence-electron chi connectivity index (χ4n) is 3.51. The predicted octanol–water partition coefficient (Wildman–Crippen LogP) is 4.08. The first-order valence-corrected chi connectivity index (χ1v) is 6.27. The van der Waals surface area contributed by atoms with E-state index >= 15 is 0 Å². The highest BCUT2D eigenvalue weighted by molar-refractivity contribution is 6.18. The summed E-state index contributed by atoms with van der Waals surface area (Å²) in [6.07, 6.45) is 7.34. The Morgan fingerprint density at radius 1 is 1.15 bits per heavy atom. The third-order valence-electron chi connectivity index (χ3n) is 4.46. The second kappa shape index (κ2) is 3.46. The molecule has 0 aromatic heterocycles. The van der Waals surface area contributed by atoms with Crippen molar-refractivity contribution in [2.24, 2.45) is 23.2 Å². The third kappa shape index (κ3) is 1.63. The van der Waals surface area contributed by atoms with Gasteiger partial charge in [-0.3, -0.25) is 0 Å². The van der Waals surface area contributed by atoms with Crippen LogP contribution in [0.2, 0.25) is 0 Å². The molecule has 13 heavy (non-hydrogen) atoms. The number of halogens is 1. The highest BCUT2D eigenvalue weighted by Crippen LogP contribution is 2.64. The largest absolute Gasteiger partial charge is 0.126 e. The summed E-state index contributed by atoms with van der Waals surface area (Å²) < 4.78 is 0. The van der Waals surface area contributed by atoms with Crippen LogP contribution < -0.4 is 0 Å². The molecule has 0 aromatic carbocycles. The van der Waals surface area contributed by atoms with Gasteiger partial charge in [0, 0.05) is 5.88 Å². The molecule has 0 nitrogen and oxygen atoms in total. The van der Waals surface area contributed by atoms with Crippen molar-refractivity contribution in [1.29, 1.82) is 0 Å². The summed E-state index contributed by atoms with van der Waals surface area (Å²) in [5, 5.41) is 0. The summed E-state index contributed by atoms with van der Waals surface area (Å²) in [5.41, 5.74) is 0.559. The molecule has 2 rings (SSSR count). The third-order valence-corrected chi connectivity index (χ3v) is 4.80. The van der Waals surface area contributed by atoms with Gasteiger partial charge < -0.3 is 0 Å². The monoisotopic (exact) mass is 200 g/mol. The lowest BCUT2D eigenvalue weighted by molar-refractivity contribution is 0.289. The van der Waals surface area contributed by atoms with E-state index in [2.05, 4.69) is 13.8 Å². The minimum Gasteiger partial charge on any atom is -0.126 e. The van der Waals surface area contributed by atoms with Crippen molar-refractivity contribution in [1.82, 2.24) is 0 Å². The smallest absolute Gasteiger partial charge is 0.0259 e. The van der Waals surface area contributed by atoms with Crippen LogP contribution in [-0.2, 0) is 0 Å². The molecule has 2 fully saturated rings. The fourth-order valence-corrected chi connectivity index (χ4v) is 4.10. The van der Waals surface area contributed by atoms with Gasteiger partial charge in [0.05, 0.1) is 0 Å². The molecule has 0 saturated heterocycles. The summed E-state index contributed by atoms with van der Waals surface area (Å²) in [5.74, 6) is 3.66. The molecule has 2 unspecified atom stereocenters. The molecular weight excluding hydrogens is 180 g/mol. The zero-order valence-corrected chi connectivity index (χ0v) is 9.61. The van der Waals surface area contributed by atoms with E-state index in [1.807, 2.05) is 0 Å². The Balaban J connectivity index is 1.94. The zero-order valence-electron chi connectivity index (χ0n) is 8.85. The van der Waals surface area contributed by atoms with E-state index in [4.69, 9.17) is 11.6 Å². The Bertz CT molecular complexity index is 180. The van der Waals surface area contributed by atoms with Gasteiger partial charge in [0.1, 0.15) is 0 Å². The van der Waals surface area contributed by atoms with Crippen molar-refractivity contribution in [2.45, 2.75) is 46.0 Å². The van der Waals surface area contributed by atoms with Crippen molar-refractivity contribution < 1.29 is 0 Å². The molecule has 1 heteroatoms. The minimum absolute atomic E-state index is 0.559. The van der Waals surface area contributed by atoms with E-state index in [9.17, 15) is 0 Å². The molecule has 2 saturated carbocycles. The first-order chi connectivity index (χ1) is 6.18. The van der Waals surface area contributed by atoms with E-state index in [0.717, 1.165) is 23.6 Å². The van der Waals surface area contributed by atoms with Crippen molar-refractivity contribution in [3.63, 3.8) is 0 Å². The van der Waals surface area contributed by atoms with Gasteiger partial charge in [0.2, 0.25) is 0 Å². The Hall–Kier alpha value is 0.290. The Kier molecular flexibility index (Phi) is 2.61. The summed E-state index contributed by atoms with van der Waals surface area (Å²) in [4.78, 5) is 0. The molecule has 0 amide bonds. The maximum Gasteiger partial charge on any atom is 0.0259 e. The van der Waals surface area contributed by atoms with Crippen LogP contribution in [0.1, 0.15) is 46.0 Å². The standard InChI is InChI=1S/C12H21Cl/c1-12(2)10(8-13)11(12)9-6-4-3-5-7-9/h9-11H,3-8H2,1-2H3. The number of hydrogen-bond donors (Lipinski definition) is 0. The van der Waals surface area contributed by atoms with Crippen LogP contribution >= 0.6 is 11.6 Å². The van der Waals surface area contributed by atoms with E-state index < -0.39 is 0 Å². The molecule has 2 aliphatic carbocycles. The van der Waals surface area contributed by atoms with Crippen molar-refractivity contribution >= 4 is 11.6 Å². The molecular formula is C12H21Cl. The van der Waals surface area contributed by atoms with Crippen LogP contribution in [0.25, 0.3) is 0 Å². The van der Waals surface area contributed by atoms with Gasteiger partial charge in [0.15, 0.2) is 0 Å². The Labute approximate surface area is 87.0 Å². The topological polar surface area (TPSA) is 0 Å². The van der Waals surface area contributed by atoms with Gasteiger partial charge in [-0.2, -0.15) is 0 Å². The highest BCUT2D eigenvalue weighted by atomic mass is 35.5. The van der Waals surface area contributed by atoms with Crippen LogP contribution in [-0.4, -0.2) is 5.88 Å². The van der Waals surface area contributed by atoms with Crippen molar-refractivity contribution in [2.75, 3.05) is 5.88 Å². The van der Waals surface area contributed by atoms with E-state index in [1.165, 1.54) is 32.1 Å². The molecule has 0 radical (unpaired) electrons. The first-order valence-electron chi connectivity index (χ1n) is 5.74. The van der Waals surface area contributed by atoms with E-state index in [0.29, 0.717) is 5.41 Å². The van der Waals surface area contributed by atoms with Crippen LogP contribution in [0.3, 0.4) is 0 Å². The first kappa shape index (κ1) is 9.83. The van der Waals surface area contributed by atoms with Crippen molar-refractivity contribution in [3.05, 3.63) is 0 Å². The molecule has 0 aromatic rings. The highest BCUT2D eigenvalue weighted by Gasteiger charge is 2.59. The summed E-state index contributed by atoms with van der Waals surface area (Å²) in [6, 6.07) is 0. The molecule has 76 valence electrons. The normalized spacial score (nSPS) is 39.0. The minimum atomic E-state index is 0.559. The number of rotatable bonds is 2. The van der Waals surface area contributed by atoms with Gasteiger partial charge in [-0.1, -0.05) is 46.0 Å². The zero-order chi connectivity index (χ0) is 9.47. The van der Waals surface area contributed by atoms with Gasteiger partial charge in [-0.05, 0) is 23.2 Å². The quantitative estimate of drug-likeness (QED) is 0.590. The van der Waals surface area contributed by atoms with Gasteiger partial charge in [-0.25, -0.2) is 0 Å². The second-order valence-corrected chi connectivity index (χ2v) is 5.81. The van der Waals surface area contributed by atoms with E-state index in [1.54, 1.807) is 0 Å². The van der Waals surface area contributed by atoms with Crippen LogP contribution in [0.15, 0.2) is 0 Å². The maximum atomic E-state index is 6.00. The molecule has 0 heterocycles. The number of hydrogen-bond acceptors (Lipinski definition) is 0. The molecule has 0 bridgehead atoms. The average Bonchev–Trinajstić information content (AvgIpc) is 2.69. The molecule has 0 aliphatic heterocycles. The summed E-state index contributed by atoms with van der Waals surface area (Å²) in [7, 11) is 0. The van der Waals surface area contributed by atoms with Gasteiger partial charge in [0.25, 0.3) is 0 Å². The molecule has 0 spiro atoms. The van der Waals surface area contributed by atoms with Gasteiger partial charge >= 0.3 is 0 Å². The summed E-state index contributed by atoms with van der Waals surface area (Å²) in [6.45, 7) is 4.80. The van der Waals surface area contributed by atoms with Crippen LogP contribution in [0.5, 0.6) is 0 Å². The average molecular weight is 201 g/mol. The predicted molar refractivity (Wildman–Crippen MR) is 58.1 cm³/mol. The molecule has 0 N–H and O–H groups in total. The van der Waals surface area contributed by atoms with Crippen LogP contribution in [0.4, 0.5) is 0 Å². The SMILES string of the molecule is CC1(C)C(CCl)C1C1CCCCC1. The lowest BCUT2D eigenvalue weighted by atomic mass is 9.83. The Morgan fingerprint density at radius 2 is 1.77 bits per heavy atom. The maximum absolute atomic E-state index is 6.00. The summed E-state index contributed by atoms with van der Waals surface area (Å²) >= 11 is 6.00. The van der Waals surface area contributed by atoms with Crippen molar-refractivity contribution in [3.8, 4) is 0 Å². The lowest BCUT2D eigenvalue weighted by Crippen LogP contribution is -2.11. The van der Waals surface area contributed by atoms with E-state index in [-0.39, 0.29) is 0 Å². The Morgan fingerprint density at radius 3 is 2.23 bits per heavy atom. The molecule has 2 atom stereocenters. The second-order valence-electron chi connectivity index (χ2n) is 5.51. The number of alkyl halides is 1. The fraction of sp³-hybridized carbons (Fsp3) is 1.00.